The van der Waals surface area contributed by atoms with E-state index >= 15 is 0 Å². The lowest BCUT2D eigenvalue weighted by atomic mass is 10.0. The first kappa shape index (κ1) is 14.8. The molecule has 0 radical (unpaired) electrons. The van der Waals surface area contributed by atoms with Crippen LogP contribution >= 0.6 is 31.9 Å². The molecule has 1 aliphatic rings. The second-order valence-corrected chi connectivity index (χ2v) is 6.77. The van der Waals surface area contributed by atoms with Crippen molar-refractivity contribution in [1.82, 2.24) is 0 Å². The van der Waals surface area contributed by atoms with Gasteiger partial charge in [-0.05, 0) is 58.7 Å². The predicted molar refractivity (Wildman–Crippen MR) is 95.1 cm³/mol. The summed E-state index contributed by atoms with van der Waals surface area (Å²) in [4.78, 5) is 0. The molecule has 0 atom stereocenters. The molecule has 0 aliphatic carbocycles. The number of benzene rings is 2. The van der Waals surface area contributed by atoms with E-state index in [0.29, 0.717) is 13.2 Å². The monoisotopic (exact) mass is 404 g/mol. The summed E-state index contributed by atoms with van der Waals surface area (Å²) >= 11 is 6.92. The summed E-state index contributed by atoms with van der Waals surface area (Å²) in [6.07, 6.45) is 4.40. The number of ether oxygens (including phenoxy) is 1. The standard InChI is InChI=1S/C18H14Br2O/c19-17-5-1-13(2-6-17)9-15-11-21-12-16(15)10-14-3-7-18(20)8-4-14/h1-10H,11-12H2/b15-9-,16-10+. The highest BCUT2D eigenvalue weighted by atomic mass is 79.9. The van der Waals surface area contributed by atoms with Gasteiger partial charge >= 0.3 is 0 Å². The normalized spacial score (nSPS) is 18.6. The fourth-order valence-corrected chi connectivity index (χ4v) is 2.77. The van der Waals surface area contributed by atoms with Gasteiger partial charge in [-0.2, -0.15) is 0 Å². The van der Waals surface area contributed by atoms with Gasteiger partial charge in [0, 0.05) is 8.95 Å². The first-order valence-electron chi connectivity index (χ1n) is 6.71. The van der Waals surface area contributed by atoms with E-state index in [2.05, 4.69) is 92.5 Å². The quantitative estimate of drug-likeness (QED) is 0.621. The van der Waals surface area contributed by atoms with E-state index in [1.807, 2.05) is 0 Å². The molecule has 1 fully saturated rings. The highest BCUT2D eigenvalue weighted by molar-refractivity contribution is 9.10. The Morgan fingerprint density at radius 3 is 1.43 bits per heavy atom. The van der Waals surface area contributed by atoms with Crippen molar-refractivity contribution in [3.8, 4) is 0 Å². The zero-order valence-corrected chi connectivity index (χ0v) is 14.5. The fraction of sp³-hybridized carbons (Fsp3) is 0.111. The Kier molecular flexibility index (Phi) is 4.73. The van der Waals surface area contributed by atoms with Gasteiger partial charge in [0.2, 0.25) is 0 Å². The van der Waals surface area contributed by atoms with Crippen LogP contribution in [0.3, 0.4) is 0 Å². The van der Waals surface area contributed by atoms with E-state index in [9.17, 15) is 0 Å². The molecular weight excluding hydrogens is 392 g/mol. The molecule has 2 aromatic carbocycles. The smallest absolute Gasteiger partial charge is 0.0725 e. The van der Waals surface area contributed by atoms with Gasteiger partial charge in [0.15, 0.2) is 0 Å². The summed E-state index contributed by atoms with van der Waals surface area (Å²) in [5.74, 6) is 0. The maximum atomic E-state index is 5.61. The summed E-state index contributed by atoms with van der Waals surface area (Å²) in [7, 11) is 0. The van der Waals surface area contributed by atoms with Crippen LogP contribution < -0.4 is 0 Å². The molecule has 1 heterocycles. The molecule has 0 bridgehead atoms. The van der Waals surface area contributed by atoms with Crippen molar-refractivity contribution in [3.63, 3.8) is 0 Å². The van der Waals surface area contributed by atoms with Crippen LogP contribution in [-0.4, -0.2) is 13.2 Å². The van der Waals surface area contributed by atoms with E-state index in [0.717, 1.165) is 8.95 Å². The highest BCUT2D eigenvalue weighted by Crippen LogP contribution is 2.25. The third kappa shape index (κ3) is 3.94. The van der Waals surface area contributed by atoms with Gasteiger partial charge < -0.3 is 4.74 Å². The van der Waals surface area contributed by atoms with Crippen molar-refractivity contribution in [2.45, 2.75) is 0 Å². The van der Waals surface area contributed by atoms with Crippen LogP contribution in [0.5, 0.6) is 0 Å². The van der Waals surface area contributed by atoms with Crippen LogP contribution in [0.2, 0.25) is 0 Å². The van der Waals surface area contributed by atoms with E-state index in [4.69, 9.17) is 4.74 Å². The van der Waals surface area contributed by atoms with Gasteiger partial charge in [0.1, 0.15) is 0 Å². The molecule has 0 amide bonds. The van der Waals surface area contributed by atoms with Crippen LogP contribution in [-0.2, 0) is 4.74 Å². The fourth-order valence-electron chi connectivity index (χ4n) is 2.25. The molecule has 1 aliphatic heterocycles. The molecule has 0 spiro atoms. The minimum Gasteiger partial charge on any atom is -0.372 e. The van der Waals surface area contributed by atoms with Gasteiger partial charge in [-0.1, -0.05) is 56.1 Å². The number of hydrogen-bond donors (Lipinski definition) is 0. The maximum Gasteiger partial charge on any atom is 0.0725 e. The Balaban J connectivity index is 1.88. The molecule has 3 heteroatoms. The Bertz CT molecular complexity index is 621. The molecule has 0 N–H and O–H groups in total. The van der Waals surface area contributed by atoms with Gasteiger partial charge in [-0.15, -0.1) is 0 Å². The lowest BCUT2D eigenvalue weighted by molar-refractivity contribution is 0.215. The van der Waals surface area contributed by atoms with Gasteiger partial charge in [-0.3, -0.25) is 0 Å². The van der Waals surface area contributed by atoms with Crippen molar-refractivity contribution >= 4 is 44.0 Å². The predicted octanol–water partition coefficient (Wildman–Crippen LogP) is 5.71. The summed E-state index contributed by atoms with van der Waals surface area (Å²) in [6, 6.07) is 16.6. The number of hydrogen-bond acceptors (Lipinski definition) is 1. The summed E-state index contributed by atoms with van der Waals surface area (Å²) in [6.45, 7) is 1.36. The SMILES string of the molecule is Brc1ccc(/C=C2\COC\C2=C\c2ccc(Br)cc2)cc1. The zero-order valence-electron chi connectivity index (χ0n) is 11.4. The Morgan fingerprint density at radius 1 is 0.667 bits per heavy atom. The third-order valence-electron chi connectivity index (χ3n) is 3.35. The molecule has 1 nitrogen and oxygen atoms in total. The molecule has 0 unspecified atom stereocenters. The van der Waals surface area contributed by atoms with Crippen LogP contribution in [0.25, 0.3) is 12.2 Å². The number of rotatable bonds is 2. The zero-order chi connectivity index (χ0) is 14.7. The molecular formula is C18H14Br2O. The van der Waals surface area contributed by atoms with Crippen molar-refractivity contribution in [2.24, 2.45) is 0 Å². The van der Waals surface area contributed by atoms with Gasteiger partial charge in [-0.25, -0.2) is 0 Å². The highest BCUT2D eigenvalue weighted by Gasteiger charge is 2.14. The molecule has 0 aromatic heterocycles. The molecule has 21 heavy (non-hydrogen) atoms. The van der Waals surface area contributed by atoms with Crippen LogP contribution in [0.15, 0.2) is 68.6 Å². The molecule has 1 saturated heterocycles. The van der Waals surface area contributed by atoms with Crippen molar-refractivity contribution in [1.29, 1.82) is 0 Å². The molecule has 0 saturated carbocycles. The average Bonchev–Trinajstić information content (AvgIpc) is 2.91. The minimum absolute atomic E-state index is 0.679. The summed E-state index contributed by atoms with van der Waals surface area (Å²) < 4.78 is 7.80. The van der Waals surface area contributed by atoms with Gasteiger partial charge in [0.25, 0.3) is 0 Å². The lowest BCUT2D eigenvalue weighted by Gasteiger charge is -2.01. The second-order valence-electron chi connectivity index (χ2n) is 4.94. The van der Waals surface area contributed by atoms with Gasteiger partial charge in [0.05, 0.1) is 13.2 Å². The van der Waals surface area contributed by atoms with Crippen molar-refractivity contribution < 1.29 is 4.74 Å². The average molecular weight is 406 g/mol. The number of halogens is 2. The second kappa shape index (κ2) is 6.73. The van der Waals surface area contributed by atoms with Crippen LogP contribution in [0.4, 0.5) is 0 Å². The first-order chi connectivity index (χ1) is 10.2. The van der Waals surface area contributed by atoms with Crippen LogP contribution in [0.1, 0.15) is 11.1 Å². The Hall–Kier alpha value is -1.16. The molecule has 106 valence electrons. The largest absolute Gasteiger partial charge is 0.372 e. The van der Waals surface area contributed by atoms with E-state index in [1.165, 1.54) is 22.3 Å². The summed E-state index contributed by atoms with van der Waals surface area (Å²) in [5, 5.41) is 0. The van der Waals surface area contributed by atoms with Crippen molar-refractivity contribution in [3.05, 3.63) is 79.7 Å². The van der Waals surface area contributed by atoms with Crippen molar-refractivity contribution in [2.75, 3.05) is 13.2 Å². The Morgan fingerprint density at radius 2 is 1.05 bits per heavy atom. The topological polar surface area (TPSA) is 9.23 Å². The van der Waals surface area contributed by atoms with Crippen LogP contribution in [0, 0.1) is 0 Å². The summed E-state index contributed by atoms with van der Waals surface area (Å²) in [5.41, 5.74) is 4.89. The van der Waals surface area contributed by atoms with E-state index in [-0.39, 0.29) is 0 Å². The molecule has 2 aromatic rings. The minimum atomic E-state index is 0.679. The molecule has 3 rings (SSSR count). The third-order valence-corrected chi connectivity index (χ3v) is 4.41. The van der Waals surface area contributed by atoms with E-state index < -0.39 is 0 Å². The maximum absolute atomic E-state index is 5.61. The van der Waals surface area contributed by atoms with E-state index in [1.54, 1.807) is 0 Å². The first-order valence-corrected chi connectivity index (χ1v) is 8.30. The Labute approximate surface area is 141 Å². The lowest BCUT2D eigenvalue weighted by Crippen LogP contribution is -1.86.